The molecule has 1 heterocycles. The number of sulfonamides is 1. The van der Waals surface area contributed by atoms with Crippen molar-refractivity contribution in [1.82, 2.24) is 10.0 Å². The molecular formula is C18H19N3O5S. The molecule has 2 aromatic carbocycles. The normalized spacial score (nSPS) is 13.0. The van der Waals surface area contributed by atoms with Crippen LogP contribution in [0, 0.1) is 0 Å². The first kappa shape index (κ1) is 18.9. The van der Waals surface area contributed by atoms with Crippen LogP contribution in [0.2, 0.25) is 0 Å². The molecule has 0 fully saturated rings. The molecule has 2 aromatic rings. The summed E-state index contributed by atoms with van der Waals surface area (Å²) < 4.78 is 32.0. The SMILES string of the molecule is COc1ccc(CNC(=O)CNS(=O)(=O)c2ccc3c(c2)CC(=O)N3)cc1. The Morgan fingerprint density at radius 3 is 2.63 bits per heavy atom. The van der Waals surface area contributed by atoms with Crippen molar-refractivity contribution in [2.45, 2.75) is 17.9 Å². The summed E-state index contributed by atoms with van der Waals surface area (Å²) in [4.78, 5) is 23.3. The fourth-order valence-electron chi connectivity index (χ4n) is 2.62. The number of carbonyl (C=O) groups is 2. The lowest BCUT2D eigenvalue weighted by Crippen LogP contribution is -2.36. The van der Waals surface area contributed by atoms with Gasteiger partial charge in [-0.3, -0.25) is 9.59 Å². The van der Waals surface area contributed by atoms with Crippen molar-refractivity contribution in [3.63, 3.8) is 0 Å². The lowest BCUT2D eigenvalue weighted by atomic mass is 10.2. The van der Waals surface area contributed by atoms with Crippen LogP contribution in [-0.2, 0) is 32.6 Å². The van der Waals surface area contributed by atoms with Gasteiger partial charge in [-0.25, -0.2) is 13.1 Å². The second-order valence-electron chi connectivity index (χ2n) is 5.99. The predicted octanol–water partition coefficient (Wildman–Crippen LogP) is 0.784. The summed E-state index contributed by atoms with van der Waals surface area (Å²) in [5, 5.41) is 5.29. The van der Waals surface area contributed by atoms with Crippen LogP contribution in [0.4, 0.5) is 5.69 Å². The molecule has 0 saturated carbocycles. The Kier molecular flexibility index (Phi) is 5.43. The lowest BCUT2D eigenvalue weighted by Gasteiger charge is -2.09. The summed E-state index contributed by atoms with van der Waals surface area (Å²) in [5.41, 5.74) is 2.09. The van der Waals surface area contributed by atoms with E-state index in [1.807, 2.05) is 12.1 Å². The zero-order valence-corrected chi connectivity index (χ0v) is 15.4. The first-order chi connectivity index (χ1) is 12.9. The number of nitrogens with one attached hydrogen (secondary N) is 3. The Hall–Kier alpha value is -2.91. The monoisotopic (exact) mass is 389 g/mol. The van der Waals surface area contributed by atoms with Crippen molar-refractivity contribution < 1.29 is 22.7 Å². The van der Waals surface area contributed by atoms with E-state index in [1.165, 1.54) is 12.1 Å². The van der Waals surface area contributed by atoms with E-state index >= 15 is 0 Å². The van der Waals surface area contributed by atoms with Crippen LogP contribution in [0.5, 0.6) is 5.75 Å². The number of hydrogen-bond acceptors (Lipinski definition) is 5. The Balaban J connectivity index is 1.54. The van der Waals surface area contributed by atoms with Crippen LogP contribution in [0.1, 0.15) is 11.1 Å². The minimum Gasteiger partial charge on any atom is -0.497 e. The zero-order chi connectivity index (χ0) is 19.4. The Labute approximate surface area is 157 Å². The molecule has 2 amide bonds. The Morgan fingerprint density at radius 2 is 1.93 bits per heavy atom. The number of rotatable bonds is 7. The van der Waals surface area contributed by atoms with Crippen LogP contribution in [0.25, 0.3) is 0 Å². The fourth-order valence-corrected chi connectivity index (χ4v) is 3.66. The summed E-state index contributed by atoms with van der Waals surface area (Å²) in [6, 6.07) is 11.5. The molecule has 0 aromatic heterocycles. The molecule has 3 rings (SSSR count). The number of anilines is 1. The van der Waals surface area contributed by atoms with Gasteiger partial charge in [-0.05, 0) is 41.5 Å². The van der Waals surface area contributed by atoms with Gasteiger partial charge in [-0.15, -0.1) is 0 Å². The van der Waals surface area contributed by atoms with Gasteiger partial charge in [0.05, 0.1) is 25.0 Å². The standard InChI is InChI=1S/C18H19N3O5S/c1-26-14-4-2-12(3-5-14)10-19-18(23)11-20-27(24,25)15-6-7-16-13(8-15)9-17(22)21-16/h2-8,20H,9-11H2,1H3,(H,19,23)(H,21,22). The number of fused-ring (bicyclic) bond motifs is 1. The third-order valence-electron chi connectivity index (χ3n) is 4.08. The molecule has 0 bridgehead atoms. The van der Waals surface area contributed by atoms with E-state index in [4.69, 9.17) is 4.74 Å². The quantitative estimate of drug-likeness (QED) is 0.648. The smallest absolute Gasteiger partial charge is 0.241 e. The molecule has 8 nitrogen and oxygen atoms in total. The largest absolute Gasteiger partial charge is 0.497 e. The molecule has 0 spiro atoms. The highest BCUT2D eigenvalue weighted by Gasteiger charge is 2.22. The maximum atomic E-state index is 12.4. The van der Waals surface area contributed by atoms with Gasteiger partial charge in [0, 0.05) is 12.2 Å². The van der Waals surface area contributed by atoms with Crippen molar-refractivity contribution in [2.75, 3.05) is 19.0 Å². The van der Waals surface area contributed by atoms with Crippen molar-refractivity contribution in [1.29, 1.82) is 0 Å². The summed E-state index contributed by atoms with van der Waals surface area (Å²) in [6.07, 6.45) is 0.140. The van der Waals surface area contributed by atoms with Crippen LogP contribution in [0.15, 0.2) is 47.4 Å². The fraction of sp³-hybridized carbons (Fsp3) is 0.222. The van der Waals surface area contributed by atoms with E-state index in [1.54, 1.807) is 25.3 Å². The van der Waals surface area contributed by atoms with Crippen molar-refractivity contribution in [2.24, 2.45) is 0 Å². The molecular weight excluding hydrogens is 370 g/mol. The minimum absolute atomic E-state index is 0.0145. The van der Waals surface area contributed by atoms with E-state index < -0.39 is 15.9 Å². The summed E-state index contributed by atoms with van der Waals surface area (Å²) in [7, 11) is -2.29. The number of carbonyl (C=O) groups excluding carboxylic acids is 2. The number of methoxy groups -OCH3 is 1. The number of ether oxygens (including phenoxy) is 1. The zero-order valence-electron chi connectivity index (χ0n) is 14.6. The number of amides is 2. The van der Waals surface area contributed by atoms with Gasteiger partial charge in [0.25, 0.3) is 0 Å². The predicted molar refractivity (Wildman–Crippen MR) is 98.8 cm³/mol. The molecule has 9 heteroatoms. The van der Waals surface area contributed by atoms with E-state index in [0.717, 1.165) is 5.56 Å². The molecule has 0 atom stereocenters. The van der Waals surface area contributed by atoms with Crippen LogP contribution in [0.3, 0.4) is 0 Å². The topological polar surface area (TPSA) is 114 Å². The van der Waals surface area contributed by atoms with Gasteiger partial charge < -0.3 is 15.4 Å². The molecule has 0 aliphatic carbocycles. The Morgan fingerprint density at radius 1 is 1.19 bits per heavy atom. The summed E-state index contributed by atoms with van der Waals surface area (Å²) >= 11 is 0. The van der Waals surface area contributed by atoms with Crippen molar-refractivity contribution >= 4 is 27.5 Å². The summed E-state index contributed by atoms with van der Waals surface area (Å²) in [6.45, 7) is -0.107. The van der Waals surface area contributed by atoms with Gasteiger partial charge in [0.15, 0.2) is 0 Å². The molecule has 0 saturated heterocycles. The van der Waals surface area contributed by atoms with E-state index in [-0.39, 0.29) is 30.3 Å². The minimum atomic E-state index is -3.85. The van der Waals surface area contributed by atoms with Gasteiger partial charge in [-0.2, -0.15) is 0 Å². The van der Waals surface area contributed by atoms with E-state index in [9.17, 15) is 18.0 Å². The summed E-state index contributed by atoms with van der Waals surface area (Å²) in [5.74, 6) is 0.0851. The van der Waals surface area contributed by atoms with Gasteiger partial charge in [0.1, 0.15) is 5.75 Å². The van der Waals surface area contributed by atoms with Gasteiger partial charge >= 0.3 is 0 Å². The van der Waals surface area contributed by atoms with Gasteiger partial charge in [0.2, 0.25) is 21.8 Å². The first-order valence-electron chi connectivity index (χ1n) is 8.19. The molecule has 27 heavy (non-hydrogen) atoms. The number of hydrogen-bond donors (Lipinski definition) is 3. The molecule has 3 N–H and O–H groups in total. The van der Waals surface area contributed by atoms with E-state index in [2.05, 4.69) is 15.4 Å². The molecule has 0 unspecified atom stereocenters. The van der Waals surface area contributed by atoms with Crippen LogP contribution < -0.4 is 20.1 Å². The van der Waals surface area contributed by atoms with Crippen LogP contribution in [-0.4, -0.2) is 33.9 Å². The van der Waals surface area contributed by atoms with Crippen molar-refractivity contribution in [3.8, 4) is 5.75 Å². The Bertz CT molecular complexity index is 971. The second kappa shape index (κ2) is 7.77. The molecule has 142 valence electrons. The highest BCUT2D eigenvalue weighted by atomic mass is 32.2. The van der Waals surface area contributed by atoms with Crippen molar-refractivity contribution in [3.05, 3.63) is 53.6 Å². The van der Waals surface area contributed by atoms with E-state index in [0.29, 0.717) is 17.0 Å². The maximum absolute atomic E-state index is 12.4. The van der Waals surface area contributed by atoms with Crippen LogP contribution >= 0.6 is 0 Å². The highest BCUT2D eigenvalue weighted by Crippen LogP contribution is 2.25. The maximum Gasteiger partial charge on any atom is 0.241 e. The molecule has 0 radical (unpaired) electrons. The lowest BCUT2D eigenvalue weighted by molar-refractivity contribution is -0.120. The average molecular weight is 389 g/mol. The highest BCUT2D eigenvalue weighted by molar-refractivity contribution is 7.89. The average Bonchev–Trinajstić information content (AvgIpc) is 3.04. The molecule has 1 aliphatic rings. The molecule has 1 aliphatic heterocycles. The second-order valence-corrected chi connectivity index (χ2v) is 7.76. The third kappa shape index (κ3) is 4.63. The van der Waals surface area contributed by atoms with Gasteiger partial charge in [-0.1, -0.05) is 12.1 Å². The number of benzene rings is 2. The third-order valence-corrected chi connectivity index (χ3v) is 5.48. The first-order valence-corrected chi connectivity index (χ1v) is 9.68.